The maximum atomic E-state index is 13.9. The van der Waals surface area contributed by atoms with E-state index < -0.39 is 0 Å². The van der Waals surface area contributed by atoms with Gasteiger partial charge in [0.1, 0.15) is 12.2 Å². The van der Waals surface area contributed by atoms with Gasteiger partial charge in [0, 0.05) is 53.2 Å². The van der Waals surface area contributed by atoms with E-state index >= 15 is 0 Å². The molecular formula is C28H32Cl2N4O3. The Morgan fingerprint density at radius 1 is 0.973 bits per heavy atom. The van der Waals surface area contributed by atoms with Crippen LogP contribution in [-0.4, -0.2) is 72.6 Å². The largest absolute Gasteiger partial charge is 0.378 e. The molecule has 2 aliphatic heterocycles. The van der Waals surface area contributed by atoms with E-state index in [-0.39, 0.29) is 18.4 Å². The molecule has 0 unspecified atom stereocenters. The first kappa shape index (κ1) is 26.0. The number of fused-ring (bicyclic) bond motifs is 1. The summed E-state index contributed by atoms with van der Waals surface area (Å²) in [6.45, 7) is 4.60. The van der Waals surface area contributed by atoms with Crippen LogP contribution in [0.1, 0.15) is 40.4 Å². The lowest BCUT2D eigenvalue weighted by Gasteiger charge is -2.33. The van der Waals surface area contributed by atoms with Crippen molar-refractivity contribution in [3.05, 3.63) is 69.3 Å². The van der Waals surface area contributed by atoms with Crippen LogP contribution in [0.2, 0.25) is 10.0 Å². The predicted octanol–water partition coefficient (Wildman–Crippen LogP) is 4.55. The van der Waals surface area contributed by atoms with Crippen LogP contribution in [0, 0.1) is 0 Å². The molecular weight excluding hydrogens is 511 g/mol. The number of likely N-dealkylation sites (N-methyl/N-ethyl adjacent to an activating group) is 1. The minimum Gasteiger partial charge on any atom is -0.378 e. The summed E-state index contributed by atoms with van der Waals surface area (Å²) in [5.41, 5.74) is 3.51. The number of para-hydroxylation sites is 1. The second kappa shape index (κ2) is 11.4. The van der Waals surface area contributed by atoms with Crippen LogP contribution in [0.3, 0.4) is 0 Å². The molecule has 196 valence electrons. The van der Waals surface area contributed by atoms with Gasteiger partial charge in [-0.15, -0.1) is 0 Å². The van der Waals surface area contributed by atoms with Crippen molar-refractivity contribution in [2.45, 2.75) is 31.8 Å². The Hall–Kier alpha value is -2.58. The third-order valence-electron chi connectivity index (χ3n) is 7.53. The zero-order valence-electron chi connectivity index (χ0n) is 21.0. The number of likely N-dealkylation sites (tertiary alicyclic amines) is 1. The first-order valence-electron chi connectivity index (χ1n) is 12.8. The molecule has 1 N–H and O–H groups in total. The van der Waals surface area contributed by atoms with Crippen LogP contribution in [0.4, 0.5) is 0 Å². The Morgan fingerprint density at radius 3 is 2.32 bits per heavy atom. The number of morpholine rings is 1. The van der Waals surface area contributed by atoms with Gasteiger partial charge < -0.3 is 19.5 Å². The lowest BCUT2D eigenvalue weighted by atomic mass is 9.89. The molecule has 0 saturated carbocycles. The number of nitrogens with one attached hydrogen (secondary N) is 1. The summed E-state index contributed by atoms with van der Waals surface area (Å²) >= 11 is 13.0. The predicted molar refractivity (Wildman–Crippen MR) is 146 cm³/mol. The van der Waals surface area contributed by atoms with Gasteiger partial charge in [0.2, 0.25) is 5.91 Å². The van der Waals surface area contributed by atoms with Crippen molar-refractivity contribution >= 4 is 45.9 Å². The third-order valence-corrected chi connectivity index (χ3v) is 8.19. The third kappa shape index (κ3) is 5.36. The van der Waals surface area contributed by atoms with Crippen LogP contribution in [0.25, 0.3) is 10.9 Å². The molecule has 1 aromatic heterocycles. The smallest absolute Gasteiger partial charge is 0.271 e. The van der Waals surface area contributed by atoms with Crippen LogP contribution in [0.15, 0.2) is 42.5 Å². The summed E-state index contributed by atoms with van der Waals surface area (Å²) in [4.78, 5) is 30.6. The number of carbonyl (C=O) groups excluding carboxylic acids is 2. The van der Waals surface area contributed by atoms with Gasteiger partial charge in [-0.25, -0.2) is 0 Å². The van der Waals surface area contributed by atoms with Crippen LogP contribution in [0.5, 0.6) is 0 Å². The molecule has 0 bridgehead atoms. The second-order valence-electron chi connectivity index (χ2n) is 9.69. The zero-order valence-corrected chi connectivity index (χ0v) is 22.5. The van der Waals surface area contributed by atoms with Gasteiger partial charge in [0.05, 0.1) is 13.2 Å². The molecule has 0 radical (unpaired) electrons. The summed E-state index contributed by atoms with van der Waals surface area (Å²) < 4.78 is 7.37. The van der Waals surface area contributed by atoms with Crippen molar-refractivity contribution in [1.29, 1.82) is 0 Å². The van der Waals surface area contributed by atoms with Crippen molar-refractivity contribution in [2.24, 2.45) is 0 Å². The van der Waals surface area contributed by atoms with Crippen molar-refractivity contribution in [2.75, 3.05) is 46.4 Å². The van der Waals surface area contributed by atoms with E-state index in [0.29, 0.717) is 44.5 Å². The van der Waals surface area contributed by atoms with Gasteiger partial charge in [-0.2, -0.15) is 0 Å². The number of carbonyl (C=O) groups is 2. The van der Waals surface area contributed by atoms with E-state index in [2.05, 4.69) is 16.3 Å². The van der Waals surface area contributed by atoms with Crippen LogP contribution in [-0.2, 0) is 22.6 Å². The van der Waals surface area contributed by atoms with Crippen LogP contribution < -0.4 is 5.32 Å². The summed E-state index contributed by atoms with van der Waals surface area (Å²) in [7, 11) is 1.62. The van der Waals surface area contributed by atoms with Crippen molar-refractivity contribution in [3.63, 3.8) is 0 Å². The number of piperidine rings is 1. The Bertz CT molecular complexity index is 1270. The van der Waals surface area contributed by atoms with E-state index in [1.807, 2.05) is 45.9 Å². The number of benzene rings is 2. The SMILES string of the molecule is CNC(=O)Cn1c(C(=O)N2CCOCC2)c(CN2CCC(c3c(Cl)cccc3Cl)CC2)c2ccccc21. The molecule has 5 rings (SSSR count). The van der Waals surface area contributed by atoms with E-state index in [0.717, 1.165) is 58.0 Å². The molecule has 0 spiro atoms. The number of amides is 2. The molecule has 7 nitrogen and oxygen atoms in total. The standard InChI is InChI=1S/C28H32Cl2N4O3/c1-31-25(35)18-34-24-8-3-2-5-20(24)21(27(34)28(36)33-13-15-37-16-14-33)17-32-11-9-19(10-12-32)26-22(29)6-4-7-23(26)30/h2-8,19H,9-18H2,1H3,(H,31,35). The summed E-state index contributed by atoms with van der Waals surface area (Å²) in [5.74, 6) is 0.124. The highest BCUT2D eigenvalue weighted by molar-refractivity contribution is 6.36. The maximum absolute atomic E-state index is 13.9. The van der Waals surface area contributed by atoms with Crippen molar-refractivity contribution in [3.8, 4) is 0 Å². The highest BCUT2D eigenvalue weighted by atomic mass is 35.5. The molecule has 3 heterocycles. The zero-order chi connectivity index (χ0) is 25.9. The Morgan fingerprint density at radius 2 is 1.65 bits per heavy atom. The molecule has 37 heavy (non-hydrogen) atoms. The molecule has 0 aliphatic carbocycles. The maximum Gasteiger partial charge on any atom is 0.271 e. The van der Waals surface area contributed by atoms with Gasteiger partial charge in [-0.3, -0.25) is 14.5 Å². The minimum atomic E-state index is -0.138. The topological polar surface area (TPSA) is 66.8 Å². The summed E-state index contributed by atoms with van der Waals surface area (Å²) in [5, 5.41) is 5.17. The van der Waals surface area contributed by atoms with Crippen molar-refractivity contribution < 1.29 is 14.3 Å². The molecule has 2 fully saturated rings. The number of halogens is 2. The Balaban J connectivity index is 1.46. The minimum absolute atomic E-state index is 0.0452. The molecule has 9 heteroatoms. The number of rotatable bonds is 6. The number of ether oxygens (including phenoxy) is 1. The molecule has 2 saturated heterocycles. The quantitative estimate of drug-likeness (QED) is 0.496. The highest BCUT2D eigenvalue weighted by Crippen LogP contribution is 2.38. The van der Waals surface area contributed by atoms with E-state index in [1.54, 1.807) is 7.05 Å². The van der Waals surface area contributed by atoms with E-state index in [1.165, 1.54) is 0 Å². The first-order chi connectivity index (χ1) is 18.0. The number of nitrogens with zero attached hydrogens (tertiary/aromatic N) is 3. The van der Waals surface area contributed by atoms with Gasteiger partial charge in [0.15, 0.2) is 0 Å². The average molecular weight is 543 g/mol. The molecule has 2 aliphatic rings. The van der Waals surface area contributed by atoms with E-state index in [9.17, 15) is 9.59 Å². The van der Waals surface area contributed by atoms with E-state index in [4.69, 9.17) is 27.9 Å². The van der Waals surface area contributed by atoms with Gasteiger partial charge >= 0.3 is 0 Å². The highest BCUT2D eigenvalue weighted by Gasteiger charge is 2.31. The monoisotopic (exact) mass is 542 g/mol. The number of aromatic nitrogens is 1. The Kier molecular flexibility index (Phi) is 8.05. The first-order valence-corrected chi connectivity index (χ1v) is 13.6. The Labute approximate surface area is 227 Å². The van der Waals surface area contributed by atoms with Gasteiger partial charge in [0.25, 0.3) is 5.91 Å². The fraction of sp³-hybridized carbons (Fsp3) is 0.429. The molecule has 2 amide bonds. The fourth-order valence-electron chi connectivity index (χ4n) is 5.59. The van der Waals surface area contributed by atoms with Gasteiger partial charge in [-0.1, -0.05) is 47.5 Å². The second-order valence-corrected chi connectivity index (χ2v) is 10.5. The molecule has 0 atom stereocenters. The average Bonchev–Trinajstić information content (AvgIpc) is 3.22. The number of hydrogen-bond donors (Lipinski definition) is 1. The number of hydrogen-bond acceptors (Lipinski definition) is 4. The summed E-state index contributed by atoms with van der Waals surface area (Å²) in [6.07, 6.45) is 1.88. The van der Waals surface area contributed by atoms with Crippen molar-refractivity contribution in [1.82, 2.24) is 19.7 Å². The van der Waals surface area contributed by atoms with Gasteiger partial charge in [-0.05, 0) is 55.6 Å². The lowest BCUT2D eigenvalue weighted by Crippen LogP contribution is -2.42. The normalized spacial score (nSPS) is 17.3. The lowest BCUT2D eigenvalue weighted by molar-refractivity contribution is -0.121. The van der Waals surface area contributed by atoms with Crippen LogP contribution >= 0.6 is 23.2 Å². The summed E-state index contributed by atoms with van der Waals surface area (Å²) in [6, 6.07) is 13.7. The molecule has 2 aromatic carbocycles. The molecule has 3 aromatic rings. The fourth-order valence-corrected chi connectivity index (χ4v) is 6.29.